The van der Waals surface area contributed by atoms with Gasteiger partial charge in [-0.3, -0.25) is 19.0 Å². The van der Waals surface area contributed by atoms with Crippen LogP contribution < -0.4 is 5.32 Å². The molecule has 8 atom stereocenters. The molecule has 3 aliphatic rings. The molecule has 3 fully saturated rings. The van der Waals surface area contributed by atoms with E-state index in [-0.39, 0.29) is 39.2 Å². The Balaban J connectivity index is 1.31. The number of anilines is 1. The molecular weight excluding hydrogens is 608 g/mol. The van der Waals surface area contributed by atoms with Gasteiger partial charge >= 0.3 is 21.3 Å². The van der Waals surface area contributed by atoms with E-state index in [1.165, 1.54) is 10.9 Å². The van der Waals surface area contributed by atoms with Crippen molar-refractivity contribution in [2.45, 2.75) is 70.7 Å². The van der Waals surface area contributed by atoms with E-state index in [1.54, 1.807) is 0 Å². The molecule has 5 rings (SSSR count). The summed E-state index contributed by atoms with van der Waals surface area (Å²) >= 11 is 6.12. The monoisotopic (exact) mass is 639 g/mol. The Kier molecular flexibility index (Phi) is 7.85. The van der Waals surface area contributed by atoms with Gasteiger partial charge in [-0.05, 0) is 42.2 Å². The average molecular weight is 640 g/mol. The summed E-state index contributed by atoms with van der Waals surface area (Å²) in [6.45, 7) is 5.77. The van der Waals surface area contributed by atoms with Gasteiger partial charge in [-0.1, -0.05) is 20.8 Å². The quantitative estimate of drug-likeness (QED) is 0.179. The summed E-state index contributed by atoms with van der Waals surface area (Å²) in [5.74, 6) is -1.02. The molecule has 3 heterocycles. The van der Waals surface area contributed by atoms with Gasteiger partial charge < -0.3 is 38.9 Å². The van der Waals surface area contributed by atoms with E-state index in [1.807, 2.05) is 0 Å². The van der Waals surface area contributed by atoms with Gasteiger partial charge in [-0.2, -0.15) is 9.97 Å². The number of imidazole rings is 1. The summed E-state index contributed by atoms with van der Waals surface area (Å²) in [7, 11) is -9.59. The fraction of sp³-hybridized carbons (Fsp3) is 0.727. The molecule has 16 nitrogen and oxygen atoms in total. The second-order valence-corrected chi connectivity index (χ2v) is 15.9. The van der Waals surface area contributed by atoms with Gasteiger partial charge in [-0.25, -0.2) is 9.78 Å². The number of carbonyl (C=O) groups is 1. The van der Waals surface area contributed by atoms with Gasteiger partial charge in [-0.15, -0.1) is 0 Å². The van der Waals surface area contributed by atoms with Gasteiger partial charge in [0.1, 0.15) is 24.4 Å². The van der Waals surface area contributed by atoms with Crippen LogP contribution in [-0.2, 0) is 23.1 Å². The lowest BCUT2D eigenvalue weighted by molar-refractivity contribution is -0.0483. The van der Waals surface area contributed by atoms with E-state index in [0.717, 1.165) is 19.3 Å². The number of ether oxygens (including phenoxy) is 2. The number of aromatic nitrogens is 4. The smallest absolute Gasteiger partial charge is 0.413 e. The number of rotatable bonds is 8. The Morgan fingerprint density at radius 2 is 1.93 bits per heavy atom. The maximum atomic E-state index is 12.9. The van der Waals surface area contributed by atoms with E-state index in [2.05, 4.69) is 41.0 Å². The highest BCUT2D eigenvalue weighted by atomic mass is 35.5. The Bertz CT molecular complexity index is 1450. The van der Waals surface area contributed by atoms with Gasteiger partial charge in [0.2, 0.25) is 5.28 Å². The van der Waals surface area contributed by atoms with E-state index in [4.69, 9.17) is 35.4 Å². The molecule has 7 unspecified atom stereocenters. The van der Waals surface area contributed by atoms with Gasteiger partial charge in [0.25, 0.3) is 0 Å². The summed E-state index contributed by atoms with van der Waals surface area (Å²) < 4.78 is 40.4. The highest BCUT2D eigenvalue weighted by molar-refractivity contribution is 7.70. The molecule has 0 radical (unpaired) electrons. The number of aliphatic hydroxyl groups excluding tert-OH is 2. The van der Waals surface area contributed by atoms with E-state index in [0.29, 0.717) is 5.92 Å². The van der Waals surface area contributed by atoms with Crippen LogP contribution in [-0.4, -0.2) is 87.4 Å². The molecule has 2 aromatic heterocycles. The van der Waals surface area contributed by atoms with Crippen LogP contribution in [0.1, 0.15) is 46.3 Å². The van der Waals surface area contributed by atoms with E-state index >= 15 is 0 Å². The number of fused-ring (bicyclic) bond motifs is 3. The molecule has 0 aromatic carbocycles. The molecule has 19 heteroatoms. The first kappa shape index (κ1) is 30.7. The predicted molar refractivity (Wildman–Crippen MR) is 142 cm³/mol. The Hall–Kier alpha value is -1.71. The molecule has 41 heavy (non-hydrogen) atoms. The van der Waals surface area contributed by atoms with E-state index < -0.39 is 58.3 Å². The molecule has 2 bridgehead atoms. The number of carbonyl (C=O) groups excluding carboxylic acids is 1. The minimum atomic E-state index is -4.86. The molecule has 2 aromatic rings. The van der Waals surface area contributed by atoms with Crippen LogP contribution in [0, 0.1) is 16.7 Å². The first-order valence-corrected chi connectivity index (χ1v) is 16.8. The lowest BCUT2D eigenvalue weighted by Crippen LogP contribution is -2.39. The highest BCUT2D eigenvalue weighted by Crippen LogP contribution is 2.66. The van der Waals surface area contributed by atoms with Crippen molar-refractivity contribution >= 4 is 49.9 Å². The van der Waals surface area contributed by atoms with Crippen LogP contribution in [0.15, 0.2) is 6.33 Å². The molecule has 6 N–H and O–H groups in total. The summed E-state index contributed by atoms with van der Waals surface area (Å²) in [5, 5.41) is 23.4. The minimum absolute atomic E-state index is 0.0282. The molecular formula is C22H32ClN5O11P2. The average Bonchev–Trinajstić information content (AvgIpc) is 3.49. The van der Waals surface area contributed by atoms with Crippen molar-refractivity contribution in [2.75, 3.05) is 17.8 Å². The zero-order chi connectivity index (χ0) is 30.1. The largest absolute Gasteiger partial charge is 0.445 e. The second kappa shape index (κ2) is 10.5. The van der Waals surface area contributed by atoms with Crippen LogP contribution in [0.5, 0.6) is 0 Å². The SMILES string of the molecule is CC1(C)C2CC[C@@]1(C)C(OC(=O)Nc1nc(Cl)nc3c1ncn3C1OC(COP(=O)(O)CP(=O)(O)O)C(O)C1O)C2. The summed E-state index contributed by atoms with van der Waals surface area (Å²) in [5.41, 5.74) is -0.0184. The van der Waals surface area contributed by atoms with Crippen molar-refractivity contribution in [3.05, 3.63) is 11.6 Å². The highest BCUT2D eigenvalue weighted by Gasteiger charge is 2.63. The lowest BCUT2D eigenvalue weighted by Gasteiger charge is -2.38. The Morgan fingerprint density at radius 3 is 2.54 bits per heavy atom. The molecule has 1 saturated heterocycles. The van der Waals surface area contributed by atoms with Crippen molar-refractivity contribution in [1.82, 2.24) is 19.5 Å². The minimum Gasteiger partial charge on any atom is -0.445 e. The van der Waals surface area contributed by atoms with Crippen LogP contribution in [0.25, 0.3) is 11.2 Å². The number of amides is 1. The maximum Gasteiger partial charge on any atom is 0.413 e. The number of aliphatic hydroxyl groups is 2. The third kappa shape index (κ3) is 5.67. The Labute approximate surface area is 239 Å². The fourth-order valence-electron chi connectivity index (χ4n) is 6.29. The van der Waals surface area contributed by atoms with Crippen LogP contribution in [0.4, 0.5) is 10.6 Å². The maximum absolute atomic E-state index is 12.9. The van der Waals surface area contributed by atoms with Gasteiger partial charge in [0.15, 0.2) is 29.1 Å². The van der Waals surface area contributed by atoms with Crippen LogP contribution >= 0.6 is 26.8 Å². The molecule has 1 amide bonds. The Morgan fingerprint density at radius 1 is 1.22 bits per heavy atom. The number of nitrogens with one attached hydrogen (secondary N) is 1. The standard InChI is InChI=1S/C22H32ClN5O11P2/c1-21(2)10-4-5-22(21,3)12(6-10)39-20(31)26-16-13-17(27-19(23)25-16)28(8-24-13)18-15(30)14(29)11(38-18)7-37-41(35,36)9-40(32,33)34/h8,10-12,14-15,18,29-30H,4-7,9H2,1-3H3,(H,35,36)(H2,32,33,34)(H,25,26,27,31)/t10?,11?,12?,14?,15?,18?,22-/m0/s1. The van der Waals surface area contributed by atoms with Crippen LogP contribution in [0.2, 0.25) is 5.28 Å². The zero-order valence-corrected chi connectivity index (χ0v) is 24.9. The first-order chi connectivity index (χ1) is 18.9. The molecule has 2 aliphatic carbocycles. The molecule has 228 valence electrons. The first-order valence-electron chi connectivity index (χ1n) is 12.8. The van der Waals surface area contributed by atoms with Gasteiger partial charge in [0.05, 0.1) is 12.9 Å². The number of hydrogen-bond donors (Lipinski definition) is 6. The third-order valence-corrected chi connectivity index (χ3v) is 12.6. The molecule has 1 aliphatic heterocycles. The summed E-state index contributed by atoms with van der Waals surface area (Å²) in [6.07, 6.45) is -2.90. The normalized spacial score (nSPS) is 34.2. The predicted octanol–water partition coefficient (Wildman–Crippen LogP) is 2.20. The zero-order valence-electron chi connectivity index (χ0n) is 22.3. The third-order valence-electron chi connectivity index (χ3n) is 8.99. The number of halogens is 1. The molecule has 2 saturated carbocycles. The molecule has 0 spiro atoms. The number of nitrogens with zero attached hydrogens (tertiary/aromatic N) is 4. The summed E-state index contributed by atoms with van der Waals surface area (Å²) in [6, 6.07) is 0. The van der Waals surface area contributed by atoms with Crippen LogP contribution in [0.3, 0.4) is 0 Å². The van der Waals surface area contributed by atoms with Crippen molar-refractivity contribution in [3.63, 3.8) is 0 Å². The van der Waals surface area contributed by atoms with Crippen molar-refractivity contribution in [2.24, 2.45) is 16.7 Å². The topological polar surface area (TPSA) is 236 Å². The number of hydrogen-bond acceptors (Lipinski definition) is 11. The van der Waals surface area contributed by atoms with Crippen molar-refractivity contribution in [1.29, 1.82) is 0 Å². The fourth-order valence-corrected chi connectivity index (χ4v) is 9.02. The lowest BCUT2D eigenvalue weighted by atomic mass is 9.70. The van der Waals surface area contributed by atoms with Gasteiger partial charge in [0, 0.05) is 5.41 Å². The van der Waals surface area contributed by atoms with E-state index in [9.17, 15) is 29.0 Å². The van der Waals surface area contributed by atoms with Crippen molar-refractivity contribution in [3.8, 4) is 0 Å². The second-order valence-electron chi connectivity index (χ2n) is 11.6. The summed E-state index contributed by atoms with van der Waals surface area (Å²) in [4.78, 5) is 52.9. The van der Waals surface area contributed by atoms with Crippen molar-refractivity contribution < 1.29 is 52.8 Å².